The maximum atomic E-state index is 12.1. The fraction of sp³-hybridized carbons (Fsp3) is 0.462. The van der Waals surface area contributed by atoms with Crippen LogP contribution in [0.5, 0.6) is 5.75 Å². The number of alkyl halides is 2. The number of guanidine groups is 1. The van der Waals surface area contributed by atoms with Crippen molar-refractivity contribution in [3.63, 3.8) is 0 Å². The van der Waals surface area contributed by atoms with E-state index in [2.05, 4.69) is 9.73 Å². The lowest BCUT2D eigenvalue weighted by Crippen LogP contribution is -2.40. The van der Waals surface area contributed by atoms with Gasteiger partial charge in [-0.2, -0.15) is 8.78 Å². The van der Waals surface area contributed by atoms with E-state index in [0.29, 0.717) is 12.5 Å². The third-order valence-electron chi connectivity index (χ3n) is 3.07. The molecule has 2 N–H and O–H groups in total. The van der Waals surface area contributed by atoms with Crippen molar-refractivity contribution in [2.24, 2.45) is 10.7 Å². The van der Waals surface area contributed by atoms with Crippen LogP contribution in [0.3, 0.4) is 0 Å². The summed E-state index contributed by atoms with van der Waals surface area (Å²) in [6.45, 7) is 1.85. The van der Waals surface area contributed by atoms with Crippen LogP contribution >= 0.6 is 0 Å². The Balaban J connectivity index is 2.14. The van der Waals surface area contributed by atoms with Crippen LogP contribution in [0.25, 0.3) is 0 Å². The fourth-order valence-corrected chi connectivity index (χ4v) is 2.27. The zero-order valence-electron chi connectivity index (χ0n) is 10.9. The van der Waals surface area contributed by atoms with Crippen molar-refractivity contribution >= 4 is 5.96 Å². The predicted molar refractivity (Wildman–Crippen MR) is 69.3 cm³/mol. The van der Waals surface area contributed by atoms with E-state index in [4.69, 9.17) is 5.73 Å². The molecule has 1 aliphatic heterocycles. The molecule has 0 radical (unpaired) electrons. The number of hydrogen-bond acceptors (Lipinski definition) is 4. The highest BCUT2D eigenvalue weighted by Crippen LogP contribution is 2.28. The average molecular weight is 269 g/mol. The summed E-state index contributed by atoms with van der Waals surface area (Å²) in [6, 6.07) is 6.90. The van der Waals surface area contributed by atoms with E-state index in [0.717, 1.165) is 5.56 Å². The molecule has 19 heavy (non-hydrogen) atoms. The molecular weight excluding hydrogens is 252 g/mol. The molecule has 0 bridgehead atoms. The first kappa shape index (κ1) is 13.6. The minimum atomic E-state index is -2.80. The Kier molecular flexibility index (Phi) is 3.87. The quantitative estimate of drug-likeness (QED) is 0.913. The van der Waals surface area contributed by atoms with Crippen molar-refractivity contribution in [1.82, 2.24) is 4.90 Å². The molecule has 0 fully saturated rings. The Hall–Kier alpha value is -1.85. The van der Waals surface area contributed by atoms with Crippen LogP contribution in [0.1, 0.15) is 25.5 Å². The van der Waals surface area contributed by atoms with Crippen LogP contribution in [-0.4, -0.2) is 30.1 Å². The molecule has 0 saturated heterocycles. The molecule has 6 heteroatoms. The first-order chi connectivity index (χ1) is 8.99. The Labute approximate surface area is 110 Å². The van der Waals surface area contributed by atoms with Crippen molar-refractivity contribution in [3.05, 3.63) is 29.8 Å². The van der Waals surface area contributed by atoms with E-state index in [1.807, 2.05) is 18.7 Å². The first-order valence-electron chi connectivity index (χ1n) is 6.12. The lowest BCUT2D eigenvalue weighted by molar-refractivity contribution is -0.0498. The smallest absolute Gasteiger partial charge is 0.387 e. The number of benzene rings is 1. The summed E-state index contributed by atoms with van der Waals surface area (Å²) in [5, 5.41) is 0. The SMILES string of the molecule is CC(C)N1C(N)=NCC1c1ccc(OC(F)F)cc1. The van der Waals surface area contributed by atoms with E-state index < -0.39 is 6.61 Å². The van der Waals surface area contributed by atoms with Gasteiger partial charge in [0.15, 0.2) is 5.96 Å². The number of halogens is 2. The number of nitrogens with zero attached hydrogens (tertiary/aromatic N) is 2. The van der Waals surface area contributed by atoms with Gasteiger partial charge in [0, 0.05) is 6.04 Å². The highest BCUT2D eigenvalue weighted by Gasteiger charge is 2.29. The maximum Gasteiger partial charge on any atom is 0.387 e. The molecule has 0 spiro atoms. The zero-order chi connectivity index (χ0) is 14.0. The van der Waals surface area contributed by atoms with E-state index >= 15 is 0 Å². The third-order valence-corrected chi connectivity index (χ3v) is 3.07. The standard InChI is InChI=1S/C13H17F2N3O/c1-8(2)18-11(7-17-13(18)16)9-3-5-10(6-4-9)19-12(14)15/h3-6,8,11-12H,7H2,1-2H3,(H2,16,17). The molecule has 1 aromatic carbocycles. The number of hydrogen-bond donors (Lipinski definition) is 1. The summed E-state index contributed by atoms with van der Waals surface area (Å²) >= 11 is 0. The maximum absolute atomic E-state index is 12.1. The largest absolute Gasteiger partial charge is 0.435 e. The second kappa shape index (κ2) is 5.42. The first-order valence-corrected chi connectivity index (χ1v) is 6.12. The number of aliphatic imine (C=N–C) groups is 1. The molecule has 1 atom stereocenters. The predicted octanol–water partition coefficient (Wildman–Crippen LogP) is 2.37. The van der Waals surface area contributed by atoms with Crippen molar-refractivity contribution in [1.29, 1.82) is 0 Å². The number of nitrogens with two attached hydrogens (primary N) is 1. The van der Waals surface area contributed by atoms with Gasteiger partial charge < -0.3 is 15.4 Å². The highest BCUT2D eigenvalue weighted by atomic mass is 19.3. The topological polar surface area (TPSA) is 50.8 Å². The van der Waals surface area contributed by atoms with Gasteiger partial charge in [-0.1, -0.05) is 12.1 Å². The van der Waals surface area contributed by atoms with Crippen molar-refractivity contribution in [2.45, 2.75) is 32.5 Å². The van der Waals surface area contributed by atoms with Crippen molar-refractivity contribution < 1.29 is 13.5 Å². The van der Waals surface area contributed by atoms with Crippen LogP contribution in [0.4, 0.5) is 8.78 Å². The summed E-state index contributed by atoms with van der Waals surface area (Å²) < 4.78 is 28.5. The summed E-state index contributed by atoms with van der Waals surface area (Å²) in [5.41, 5.74) is 6.84. The molecule has 1 aromatic rings. The molecule has 0 saturated carbocycles. The molecule has 1 aliphatic rings. The van der Waals surface area contributed by atoms with Crippen LogP contribution in [0, 0.1) is 0 Å². The molecule has 0 aromatic heterocycles. The number of ether oxygens (including phenoxy) is 1. The summed E-state index contributed by atoms with van der Waals surface area (Å²) in [5.74, 6) is 0.676. The van der Waals surface area contributed by atoms with E-state index in [9.17, 15) is 8.78 Å². The second-order valence-electron chi connectivity index (χ2n) is 4.66. The monoisotopic (exact) mass is 269 g/mol. The Morgan fingerprint density at radius 1 is 1.32 bits per heavy atom. The molecule has 0 aliphatic carbocycles. The van der Waals surface area contributed by atoms with Gasteiger partial charge in [0.05, 0.1) is 12.6 Å². The Morgan fingerprint density at radius 2 is 1.95 bits per heavy atom. The van der Waals surface area contributed by atoms with Gasteiger partial charge >= 0.3 is 6.61 Å². The van der Waals surface area contributed by atoms with Crippen molar-refractivity contribution in [2.75, 3.05) is 6.54 Å². The molecule has 2 rings (SSSR count). The zero-order valence-corrected chi connectivity index (χ0v) is 10.9. The second-order valence-corrected chi connectivity index (χ2v) is 4.66. The summed E-state index contributed by atoms with van der Waals surface area (Å²) in [6.07, 6.45) is 0. The Bertz CT molecular complexity index is 459. The minimum absolute atomic E-state index is 0.0561. The highest BCUT2D eigenvalue weighted by molar-refractivity contribution is 5.80. The lowest BCUT2D eigenvalue weighted by atomic mass is 10.1. The van der Waals surface area contributed by atoms with Gasteiger partial charge in [-0.15, -0.1) is 0 Å². The minimum Gasteiger partial charge on any atom is -0.435 e. The van der Waals surface area contributed by atoms with Gasteiger partial charge in [-0.3, -0.25) is 4.99 Å². The Morgan fingerprint density at radius 3 is 2.47 bits per heavy atom. The molecule has 1 heterocycles. The average Bonchev–Trinajstić information content (AvgIpc) is 2.71. The van der Waals surface area contributed by atoms with Crippen molar-refractivity contribution in [3.8, 4) is 5.75 Å². The van der Waals surface area contributed by atoms with Crippen LogP contribution in [0.2, 0.25) is 0 Å². The number of rotatable bonds is 4. The van der Waals surface area contributed by atoms with Crippen LogP contribution < -0.4 is 10.5 Å². The molecule has 0 amide bonds. The van der Waals surface area contributed by atoms with Gasteiger partial charge in [-0.25, -0.2) is 0 Å². The lowest BCUT2D eigenvalue weighted by Gasteiger charge is -2.30. The van der Waals surface area contributed by atoms with Gasteiger partial charge in [-0.05, 0) is 31.5 Å². The third kappa shape index (κ3) is 2.94. The summed E-state index contributed by atoms with van der Waals surface area (Å²) in [7, 11) is 0. The fourth-order valence-electron chi connectivity index (χ4n) is 2.27. The van der Waals surface area contributed by atoms with Crippen LogP contribution in [0.15, 0.2) is 29.3 Å². The van der Waals surface area contributed by atoms with Gasteiger partial charge in [0.2, 0.25) is 0 Å². The summed E-state index contributed by atoms with van der Waals surface area (Å²) in [4.78, 5) is 6.25. The molecule has 1 unspecified atom stereocenters. The molecular formula is C13H17F2N3O. The van der Waals surface area contributed by atoms with E-state index in [-0.39, 0.29) is 17.8 Å². The van der Waals surface area contributed by atoms with E-state index in [1.54, 1.807) is 12.1 Å². The molecule has 4 nitrogen and oxygen atoms in total. The van der Waals surface area contributed by atoms with Gasteiger partial charge in [0.25, 0.3) is 0 Å². The van der Waals surface area contributed by atoms with Gasteiger partial charge in [0.1, 0.15) is 5.75 Å². The normalized spacial score (nSPS) is 19.2. The van der Waals surface area contributed by atoms with Crippen LogP contribution in [-0.2, 0) is 0 Å². The molecule has 104 valence electrons. The van der Waals surface area contributed by atoms with E-state index in [1.165, 1.54) is 12.1 Å².